The number of nitrogens with zero attached hydrogens (tertiary/aromatic N) is 2. The zero-order chi connectivity index (χ0) is 23.4. The summed E-state index contributed by atoms with van der Waals surface area (Å²) in [5.74, 6) is -0.147. The molecule has 0 unspecified atom stereocenters. The van der Waals surface area contributed by atoms with Gasteiger partial charge in [-0.15, -0.1) is 11.3 Å². The first kappa shape index (κ1) is 23.7. The second kappa shape index (κ2) is 10.7. The van der Waals surface area contributed by atoms with Gasteiger partial charge in [0.2, 0.25) is 11.8 Å². The summed E-state index contributed by atoms with van der Waals surface area (Å²) in [6.45, 7) is 4.90. The van der Waals surface area contributed by atoms with Gasteiger partial charge in [-0.1, -0.05) is 31.9 Å². The highest BCUT2D eigenvalue weighted by Crippen LogP contribution is 2.35. The molecule has 0 radical (unpaired) electrons. The van der Waals surface area contributed by atoms with Crippen molar-refractivity contribution in [3.05, 3.63) is 52.0 Å². The number of fused-ring (bicyclic) bond motifs is 1. The molecule has 1 saturated carbocycles. The van der Waals surface area contributed by atoms with E-state index >= 15 is 0 Å². The Kier molecular flexibility index (Phi) is 7.68. The van der Waals surface area contributed by atoms with E-state index in [4.69, 9.17) is 4.74 Å². The molecule has 1 aliphatic carbocycles. The molecule has 2 atom stereocenters. The van der Waals surface area contributed by atoms with E-state index in [0.29, 0.717) is 6.54 Å². The Balaban J connectivity index is 1.52. The van der Waals surface area contributed by atoms with Crippen molar-refractivity contribution < 1.29 is 18.7 Å². The van der Waals surface area contributed by atoms with Gasteiger partial charge in [0.15, 0.2) is 11.6 Å². The van der Waals surface area contributed by atoms with Crippen LogP contribution >= 0.6 is 11.3 Å². The third-order valence-electron chi connectivity index (χ3n) is 7.06. The molecule has 4 rings (SSSR count). The smallest absolute Gasteiger partial charge is 0.242 e. The van der Waals surface area contributed by atoms with E-state index in [2.05, 4.69) is 0 Å². The average Bonchev–Trinajstić information content (AvgIpc) is 3.53. The van der Waals surface area contributed by atoms with E-state index < -0.39 is 5.82 Å². The van der Waals surface area contributed by atoms with Crippen molar-refractivity contribution in [2.75, 3.05) is 19.7 Å². The summed E-state index contributed by atoms with van der Waals surface area (Å²) in [6, 6.07) is 8.07. The maximum atomic E-state index is 14.1. The van der Waals surface area contributed by atoms with Crippen LogP contribution in [0.15, 0.2) is 35.7 Å². The Bertz CT molecular complexity index is 972. The van der Waals surface area contributed by atoms with Crippen LogP contribution in [0.3, 0.4) is 0 Å². The van der Waals surface area contributed by atoms with Gasteiger partial charge in [-0.2, -0.15) is 0 Å². The molecule has 2 heterocycles. The molecule has 1 aromatic heterocycles. The average molecular weight is 473 g/mol. The number of rotatable bonds is 8. The minimum Gasteiger partial charge on any atom is -0.488 e. The lowest BCUT2D eigenvalue weighted by molar-refractivity contribution is -0.146. The molecule has 0 bridgehead atoms. The standard InChI is InChI=1S/C26H33FN2O3S/c1-3-18(2)29(26(31)19-8-4-5-9-19)16-25(30)28-14-12-24-20(13-15-33-24)22(28)17-32-23-11-7-6-10-21(23)27/h6-7,10-11,13,15,18-19,22H,3-5,8-9,12,14,16-17H2,1-2H3/t18-,22-/m1/s1. The van der Waals surface area contributed by atoms with Gasteiger partial charge in [-0.05, 0) is 61.7 Å². The highest BCUT2D eigenvalue weighted by Gasteiger charge is 2.36. The van der Waals surface area contributed by atoms with Crippen molar-refractivity contribution in [2.24, 2.45) is 5.92 Å². The molecule has 2 aliphatic rings. The third-order valence-corrected chi connectivity index (χ3v) is 8.06. The second-order valence-corrected chi connectivity index (χ2v) is 10.1. The fourth-order valence-electron chi connectivity index (χ4n) is 4.92. The number of hydrogen-bond acceptors (Lipinski definition) is 4. The van der Waals surface area contributed by atoms with Crippen LogP contribution in [0.1, 0.15) is 62.4 Å². The topological polar surface area (TPSA) is 49.9 Å². The van der Waals surface area contributed by atoms with Crippen LogP contribution in [-0.4, -0.2) is 47.4 Å². The number of carbonyl (C=O) groups excluding carboxylic acids is 2. The lowest BCUT2D eigenvalue weighted by Crippen LogP contribution is -2.51. The summed E-state index contributed by atoms with van der Waals surface area (Å²) in [4.78, 5) is 31.7. The molecule has 2 aromatic rings. The lowest BCUT2D eigenvalue weighted by Gasteiger charge is -2.38. The van der Waals surface area contributed by atoms with Crippen molar-refractivity contribution in [2.45, 2.75) is 64.5 Å². The van der Waals surface area contributed by atoms with Gasteiger partial charge in [0.1, 0.15) is 13.2 Å². The highest BCUT2D eigenvalue weighted by molar-refractivity contribution is 7.10. The fraction of sp³-hybridized carbons (Fsp3) is 0.538. The van der Waals surface area contributed by atoms with E-state index in [-0.39, 0.29) is 48.7 Å². The predicted molar refractivity (Wildman–Crippen MR) is 128 cm³/mol. The van der Waals surface area contributed by atoms with Gasteiger partial charge in [0.25, 0.3) is 0 Å². The molecule has 0 N–H and O–H groups in total. The number of para-hydroxylation sites is 1. The fourth-order valence-corrected chi connectivity index (χ4v) is 5.85. The molecule has 0 saturated heterocycles. The molecule has 33 heavy (non-hydrogen) atoms. The molecule has 1 fully saturated rings. The molecule has 178 valence electrons. The van der Waals surface area contributed by atoms with E-state index in [0.717, 1.165) is 44.1 Å². The Morgan fingerprint density at radius 2 is 2.00 bits per heavy atom. The summed E-state index contributed by atoms with van der Waals surface area (Å²) in [5.41, 5.74) is 1.06. The quantitative estimate of drug-likeness (QED) is 0.530. The summed E-state index contributed by atoms with van der Waals surface area (Å²) < 4.78 is 20.0. The molecule has 7 heteroatoms. The molecule has 1 aromatic carbocycles. The Hall–Kier alpha value is -2.41. The molecule has 1 aliphatic heterocycles. The molecule has 5 nitrogen and oxygen atoms in total. The normalized spacial score (nSPS) is 19.2. The van der Waals surface area contributed by atoms with Crippen molar-refractivity contribution in [1.29, 1.82) is 0 Å². The molecular formula is C26H33FN2O3S. The van der Waals surface area contributed by atoms with Crippen LogP contribution < -0.4 is 4.74 Å². The number of thiophene rings is 1. The maximum absolute atomic E-state index is 14.1. The SMILES string of the molecule is CC[C@@H](C)N(CC(=O)N1CCc2sccc2[C@H]1COc1ccccc1F)C(=O)C1CCCC1. The number of carbonyl (C=O) groups is 2. The van der Waals surface area contributed by atoms with Crippen LogP contribution in [0.4, 0.5) is 4.39 Å². The van der Waals surface area contributed by atoms with Gasteiger partial charge < -0.3 is 14.5 Å². The number of benzene rings is 1. The van der Waals surface area contributed by atoms with Crippen molar-refractivity contribution in [1.82, 2.24) is 9.80 Å². The lowest BCUT2D eigenvalue weighted by atomic mass is 10.00. The van der Waals surface area contributed by atoms with Crippen molar-refractivity contribution in [3.63, 3.8) is 0 Å². The summed E-state index contributed by atoms with van der Waals surface area (Å²) in [5, 5.41) is 2.03. The molecule has 2 amide bonds. The number of amides is 2. The zero-order valence-corrected chi connectivity index (χ0v) is 20.3. The predicted octanol–water partition coefficient (Wildman–Crippen LogP) is 5.21. The first-order valence-corrected chi connectivity index (χ1v) is 12.9. The number of ether oxygens (including phenoxy) is 1. The zero-order valence-electron chi connectivity index (χ0n) is 19.5. The van der Waals surface area contributed by atoms with Crippen LogP contribution in [0, 0.1) is 11.7 Å². The van der Waals surface area contributed by atoms with Gasteiger partial charge in [-0.25, -0.2) is 4.39 Å². The van der Waals surface area contributed by atoms with Crippen LogP contribution in [-0.2, 0) is 16.0 Å². The monoisotopic (exact) mass is 472 g/mol. The van der Waals surface area contributed by atoms with Gasteiger partial charge in [0, 0.05) is 23.4 Å². The Labute approximate surface area is 199 Å². The van der Waals surface area contributed by atoms with E-state index in [1.54, 1.807) is 34.4 Å². The van der Waals surface area contributed by atoms with Crippen molar-refractivity contribution in [3.8, 4) is 5.75 Å². The molecular weight excluding hydrogens is 439 g/mol. The van der Waals surface area contributed by atoms with E-state index in [1.807, 2.05) is 30.2 Å². The van der Waals surface area contributed by atoms with E-state index in [9.17, 15) is 14.0 Å². The van der Waals surface area contributed by atoms with Crippen LogP contribution in [0.5, 0.6) is 5.75 Å². The van der Waals surface area contributed by atoms with E-state index in [1.165, 1.54) is 10.9 Å². The minimum atomic E-state index is -0.415. The Morgan fingerprint density at radius 3 is 2.73 bits per heavy atom. The summed E-state index contributed by atoms with van der Waals surface area (Å²) in [7, 11) is 0. The maximum Gasteiger partial charge on any atom is 0.242 e. The van der Waals surface area contributed by atoms with Crippen LogP contribution in [0.25, 0.3) is 0 Å². The van der Waals surface area contributed by atoms with Gasteiger partial charge >= 0.3 is 0 Å². The number of halogens is 1. The van der Waals surface area contributed by atoms with Crippen molar-refractivity contribution >= 4 is 23.2 Å². The first-order valence-electron chi connectivity index (χ1n) is 12.0. The van der Waals surface area contributed by atoms with Gasteiger partial charge in [-0.3, -0.25) is 9.59 Å². The highest BCUT2D eigenvalue weighted by atomic mass is 32.1. The van der Waals surface area contributed by atoms with Crippen LogP contribution in [0.2, 0.25) is 0 Å². The number of hydrogen-bond donors (Lipinski definition) is 0. The third kappa shape index (κ3) is 5.24. The largest absolute Gasteiger partial charge is 0.488 e. The summed E-state index contributed by atoms with van der Waals surface area (Å²) in [6.07, 6.45) is 5.60. The first-order chi connectivity index (χ1) is 16.0. The second-order valence-electron chi connectivity index (χ2n) is 9.10. The molecule has 0 spiro atoms. The summed E-state index contributed by atoms with van der Waals surface area (Å²) >= 11 is 1.68. The van der Waals surface area contributed by atoms with Gasteiger partial charge in [0.05, 0.1) is 6.04 Å². The Morgan fingerprint density at radius 1 is 1.24 bits per heavy atom. The minimum absolute atomic E-state index is 0.0108.